The molecule has 0 aliphatic rings. The van der Waals surface area contributed by atoms with Crippen LogP contribution in [0.25, 0.3) is 0 Å². The molecular formula is C15H13N3O4. The molecule has 0 aliphatic carbocycles. The van der Waals surface area contributed by atoms with E-state index in [1.165, 1.54) is 31.3 Å². The van der Waals surface area contributed by atoms with Crippen LogP contribution in [0.1, 0.15) is 12.5 Å². The van der Waals surface area contributed by atoms with Gasteiger partial charge in [-0.15, -0.1) is 0 Å². The number of nitrogens with one attached hydrogen (secondary N) is 1. The Morgan fingerprint density at radius 3 is 2.55 bits per heavy atom. The summed E-state index contributed by atoms with van der Waals surface area (Å²) < 4.78 is 0. The van der Waals surface area contributed by atoms with Gasteiger partial charge in [0, 0.05) is 30.5 Å². The lowest BCUT2D eigenvalue weighted by Gasteiger charge is -2.02. The first-order chi connectivity index (χ1) is 10.5. The molecule has 0 aromatic heterocycles. The highest BCUT2D eigenvalue weighted by molar-refractivity contribution is 5.89. The van der Waals surface area contributed by atoms with E-state index in [9.17, 15) is 20.0 Å². The normalized spacial score (nSPS) is 10.6. The van der Waals surface area contributed by atoms with Crippen molar-refractivity contribution >= 4 is 29.2 Å². The summed E-state index contributed by atoms with van der Waals surface area (Å²) in [5, 5.41) is 23.2. The number of nitro benzene ring substituents is 1. The number of aliphatic imine (C=N–C) groups is 1. The second kappa shape index (κ2) is 6.49. The van der Waals surface area contributed by atoms with Crippen molar-refractivity contribution in [2.45, 2.75) is 6.92 Å². The Labute approximate surface area is 126 Å². The summed E-state index contributed by atoms with van der Waals surface area (Å²) in [6.07, 6.45) is 1.34. The number of phenolic OH excluding ortho intramolecular Hbond substituents is 1. The highest BCUT2D eigenvalue weighted by atomic mass is 16.6. The van der Waals surface area contributed by atoms with Crippen molar-refractivity contribution in [2.24, 2.45) is 4.99 Å². The van der Waals surface area contributed by atoms with Gasteiger partial charge >= 0.3 is 5.69 Å². The number of nitrogens with zero attached hydrogens (tertiary/aromatic N) is 2. The number of anilines is 1. The first kappa shape index (κ1) is 15.2. The van der Waals surface area contributed by atoms with Crippen LogP contribution < -0.4 is 5.32 Å². The van der Waals surface area contributed by atoms with Gasteiger partial charge in [0.25, 0.3) is 0 Å². The fourth-order valence-corrected chi connectivity index (χ4v) is 1.78. The summed E-state index contributed by atoms with van der Waals surface area (Å²) >= 11 is 0. The van der Waals surface area contributed by atoms with Crippen molar-refractivity contribution in [3.8, 4) is 5.75 Å². The monoisotopic (exact) mass is 299 g/mol. The Hall–Kier alpha value is -3.22. The lowest BCUT2D eigenvalue weighted by molar-refractivity contribution is -0.385. The third kappa shape index (κ3) is 3.66. The summed E-state index contributed by atoms with van der Waals surface area (Å²) in [5.74, 6) is -0.594. The second-order valence-corrected chi connectivity index (χ2v) is 4.46. The predicted molar refractivity (Wildman–Crippen MR) is 82.8 cm³/mol. The van der Waals surface area contributed by atoms with Crippen LogP contribution in [0.3, 0.4) is 0 Å². The van der Waals surface area contributed by atoms with Crippen LogP contribution in [0, 0.1) is 10.1 Å². The molecule has 0 saturated heterocycles. The summed E-state index contributed by atoms with van der Waals surface area (Å²) in [4.78, 5) is 25.1. The molecule has 22 heavy (non-hydrogen) atoms. The molecule has 0 aliphatic heterocycles. The third-order valence-electron chi connectivity index (χ3n) is 2.78. The maximum atomic E-state index is 10.9. The van der Waals surface area contributed by atoms with Gasteiger partial charge in [0.05, 0.1) is 10.6 Å². The van der Waals surface area contributed by atoms with E-state index in [1.807, 2.05) is 0 Å². The lowest BCUT2D eigenvalue weighted by atomic mass is 10.2. The molecule has 0 radical (unpaired) electrons. The van der Waals surface area contributed by atoms with Gasteiger partial charge in [0.1, 0.15) is 0 Å². The number of benzene rings is 2. The van der Waals surface area contributed by atoms with E-state index in [1.54, 1.807) is 24.3 Å². The number of hydrogen-bond acceptors (Lipinski definition) is 5. The topological polar surface area (TPSA) is 105 Å². The smallest absolute Gasteiger partial charge is 0.311 e. The van der Waals surface area contributed by atoms with E-state index in [4.69, 9.17) is 0 Å². The molecule has 2 aromatic carbocycles. The fourth-order valence-electron chi connectivity index (χ4n) is 1.78. The van der Waals surface area contributed by atoms with E-state index in [0.717, 1.165) is 0 Å². The minimum atomic E-state index is -0.658. The quantitative estimate of drug-likeness (QED) is 0.514. The van der Waals surface area contributed by atoms with Gasteiger partial charge in [-0.05, 0) is 30.3 Å². The number of rotatable bonds is 4. The van der Waals surface area contributed by atoms with Crippen LogP contribution in [0.2, 0.25) is 0 Å². The minimum absolute atomic E-state index is 0.169. The molecule has 7 nitrogen and oxygen atoms in total. The van der Waals surface area contributed by atoms with Crippen LogP contribution in [0.15, 0.2) is 47.5 Å². The summed E-state index contributed by atoms with van der Waals surface area (Å²) in [6, 6.07) is 10.9. The Kier molecular flexibility index (Phi) is 4.47. The summed E-state index contributed by atoms with van der Waals surface area (Å²) in [7, 11) is 0. The standard InChI is InChI=1S/C15H13N3O4/c1-10(19)17-13-7-5-12(6-8-13)16-9-11-3-2-4-14(15(11)20)18(21)22/h2-9,20H,1H3,(H,17,19). The lowest BCUT2D eigenvalue weighted by Crippen LogP contribution is -2.04. The third-order valence-corrected chi connectivity index (χ3v) is 2.78. The molecule has 0 bridgehead atoms. The number of para-hydroxylation sites is 1. The van der Waals surface area contributed by atoms with Crippen LogP contribution >= 0.6 is 0 Å². The molecule has 0 spiro atoms. The molecule has 0 unspecified atom stereocenters. The van der Waals surface area contributed by atoms with Crippen molar-refractivity contribution in [1.29, 1.82) is 0 Å². The number of aromatic hydroxyl groups is 1. The molecule has 0 heterocycles. The Balaban J connectivity index is 2.20. The fraction of sp³-hybridized carbons (Fsp3) is 0.0667. The molecule has 1 amide bonds. The minimum Gasteiger partial charge on any atom is -0.502 e. The van der Waals surface area contributed by atoms with E-state index >= 15 is 0 Å². The van der Waals surface area contributed by atoms with Gasteiger partial charge in [-0.1, -0.05) is 6.07 Å². The van der Waals surface area contributed by atoms with Crippen LogP contribution in [-0.2, 0) is 4.79 Å². The van der Waals surface area contributed by atoms with Crippen molar-refractivity contribution in [1.82, 2.24) is 0 Å². The van der Waals surface area contributed by atoms with E-state index in [-0.39, 0.29) is 17.2 Å². The Morgan fingerprint density at radius 1 is 1.27 bits per heavy atom. The molecular weight excluding hydrogens is 286 g/mol. The van der Waals surface area contributed by atoms with Crippen LogP contribution in [-0.4, -0.2) is 22.2 Å². The molecule has 7 heteroatoms. The number of hydrogen-bond donors (Lipinski definition) is 2. The maximum Gasteiger partial charge on any atom is 0.311 e. The molecule has 2 N–H and O–H groups in total. The van der Waals surface area contributed by atoms with Gasteiger partial charge in [-0.3, -0.25) is 19.9 Å². The first-order valence-corrected chi connectivity index (χ1v) is 6.35. The number of nitro groups is 1. The number of phenols is 1. The summed E-state index contributed by atoms with van der Waals surface area (Å²) in [5.41, 5.74) is 1.11. The van der Waals surface area contributed by atoms with Gasteiger partial charge in [0.15, 0.2) is 0 Å². The molecule has 2 rings (SSSR count). The maximum absolute atomic E-state index is 10.9. The average Bonchev–Trinajstić information content (AvgIpc) is 2.47. The number of amides is 1. The van der Waals surface area contributed by atoms with E-state index in [2.05, 4.69) is 10.3 Å². The molecule has 2 aromatic rings. The van der Waals surface area contributed by atoms with Crippen molar-refractivity contribution in [3.63, 3.8) is 0 Å². The molecule has 0 atom stereocenters. The number of carbonyl (C=O) groups excluding carboxylic acids is 1. The van der Waals surface area contributed by atoms with Crippen LogP contribution in [0.4, 0.5) is 17.1 Å². The SMILES string of the molecule is CC(=O)Nc1ccc(N=Cc2cccc([N+](=O)[O-])c2O)cc1. The van der Waals surface area contributed by atoms with Crippen LogP contribution in [0.5, 0.6) is 5.75 Å². The van der Waals surface area contributed by atoms with E-state index < -0.39 is 10.7 Å². The molecule has 0 fully saturated rings. The van der Waals surface area contributed by atoms with Crippen molar-refractivity contribution in [3.05, 3.63) is 58.1 Å². The zero-order chi connectivity index (χ0) is 16.1. The molecule has 112 valence electrons. The van der Waals surface area contributed by atoms with Gasteiger partial charge in [0.2, 0.25) is 11.7 Å². The predicted octanol–water partition coefficient (Wildman–Crippen LogP) is 3.01. The number of carbonyl (C=O) groups is 1. The Bertz CT molecular complexity index is 739. The van der Waals surface area contributed by atoms with Gasteiger partial charge in [-0.25, -0.2) is 0 Å². The average molecular weight is 299 g/mol. The Morgan fingerprint density at radius 2 is 1.95 bits per heavy atom. The highest BCUT2D eigenvalue weighted by Crippen LogP contribution is 2.28. The second-order valence-electron chi connectivity index (χ2n) is 4.46. The molecule has 0 saturated carbocycles. The summed E-state index contributed by atoms with van der Waals surface area (Å²) in [6.45, 7) is 1.41. The van der Waals surface area contributed by atoms with Crippen molar-refractivity contribution < 1.29 is 14.8 Å². The van der Waals surface area contributed by atoms with E-state index in [0.29, 0.717) is 11.4 Å². The zero-order valence-corrected chi connectivity index (χ0v) is 11.7. The van der Waals surface area contributed by atoms with Gasteiger partial charge < -0.3 is 10.4 Å². The van der Waals surface area contributed by atoms with Gasteiger partial charge in [-0.2, -0.15) is 0 Å². The largest absolute Gasteiger partial charge is 0.502 e. The highest BCUT2D eigenvalue weighted by Gasteiger charge is 2.14. The zero-order valence-electron chi connectivity index (χ0n) is 11.7. The first-order valence-electron chi connectivity index (χ1n) is 6.35. The van der Waals surface area contributed by atoms with Crippen molar-refractivity contribution in [2.75, 3.05) is 5.32 Å².